The van der Waals surface area contributed by atoms with E-state index >= 15 is 0 Å². The number of anilines is 2. The molecule has 0 saturated heterocycles. The van der Waals surface area contributed by atoms with Gasteiger partial charge in [-0.05, 0) is 25.1 Å². The van der Waals surface area contributed by atoms with Gasteiger partial charge in [0.2, 0.25) is 5.71 Å². The molecule has 0 saturated carbocycles. The van der Waals surface area contributed by atoms with Gasteiger partial charge in [0.25, 0.3) is 0 Å². The topological polar surface area (TPSA) is 110 Å². The molecule has 20 heavy (non-hydrogen) atoms. The van der Waals surface area contributed by atoms with Crippen LogP contribution in [0.5, 0.6) is 0 Å². The first kappa shape index (κ1) is 15.0. The van der Waals surface area contributed by atoms with E-state index in [0.717, 1.165) is 0 Å². The molecule has 0 aromatic heterocycles. The summed E-state index contributed by atoms with van der Waals surface area (Å²) in [7, 11) is 1.29. The number of carbonyl (C=O) groups excluding carboxylic acids is 1. The zero-order valence-corrected chi connectivity index (χ0v) is 11.1. The predicted molar refractivity (Wildman–Crippen MR) is 74.2 cm³/mol. The number of benzene rings is 1. The molecule has 1 rings (SSSR count). The van der Waals surface area contributed by atoms with Crippen molar-refractivity contribution < 1.29 is 9.53 Å². The largest absolute Gasteiger partial charge is 0.465 e. The summed E-state index contributed by atoms with van der Waals surface area (Å²) in [5, 5.41) is 24.0. The van der Waals surface area contributed by atoms with E-state index < -0.39 is 5.97 Å². The Kier molecular flexibility index (Phi) is 5.54. The Balaban J connectivity index is 3.13. The lowest BCUT2D eigenvalue weighted by molar-refractivity contribution is 0.0601. The molecule has 0 atom stereocenters. The number of ether oxygens (including phenoxy) is 1. The van der Waals surface area contributed by atoms with Crippen LogP contribution >= 0.6 is 0 Å². The highest BCUT2D eigenvalue weighted by Crippen LogP contribution is 2.23. The molecule has 0 radical (unpaired) electrons. The van der Waals surface area contributed by atoms with Crippen LogP contribution in [0.15, 0.2) is 23.3 Å². The Morgan fingerprint density at radius 2 is 2.05 bits per heavy atom. The van der Waals surface area contributed by atoms with Crippen LogP contribution in [-0.2, 0) is 4.74 Å². The summed E-state index contributed by atoms with van der Waals surface area (Å²) in [6, 6.07) is 8.09. The molecule has 0 aliphatic carbocycles. The summed E-state index contributed by atoms with van der Waals surface area (Å²) in [4.78, 5) is 11.5. The van der Waals surface area contributed by atoms with Crippen molar-refractivity contribution in [3.63, 3.8) is 0 Å². The van der Waals surface area contributed by atoms with E-state index in [1.165, 1.54) is 13.2 Å². The minimum atomic E-state index is -0.485. The zero-order valence-electron chi connectivity index (χ0n) is 11.1. The molecule has 0 aliphatic heterocycles. The summed E-state index contributed by atoms with van der Waals surface area (Å²) in [5.41, 5.74) is 3.78. The minimum absolute atomic E-state index is 0.309. The number of esters is 1. The lowest BCUT2D eigenvalue weighted by Gasteiger charge is -2.11. The average molecular weight is 271 g/mol. The standard InChI is InChI=1S/C13H13N5O2/c1-3-16-11-5-4-9(13(19)20-2)6-12(11)18-17-10(7-14)8-15/h4-6,16,18H,3H2,1-2H3. The molecule has 0 fully saturated rings. The first-order valence-corrected chi connectivity index (χ1v) is 5.76. The van der Waals surface area contributed by atoms with Crippen molar-refractivity contribution in [3.05, 3.63) is 23.8 Å². The third-order valence-corrected chi connectivity index (χ3v) is 2.31. The summed E-state index contributed by atoms with van der Waals surface area (Å²) in [5.74, 6) is -0.485. The molecule has 0 amide bonds. The van der Waals surface area contributed by atoms with E-state index in [1.807, 2.05) is 6.92 Å². The molecule has 1 aromatic carbocycles. The van der Waals surface area contributed by atoms with E-state index in [2.05, 4.69) is 20.6 Å². The quantitative estimate of drug-likeness (QED) is 0.479. The van der Waals surface area contributed by atoms with Gasteiger partial charge in [-0.15, -0.1) is 0 Å². The second-order valence-corrected chi connectivity index (χ2v) is 3.58. The van der Waals surface area contributed by atoms with Crippen molar-refractivity contribution in [2.75, 3.05) is 24.4 Å². The van der Waals surface area contributed by atoms with Crippen LogP contribution in [0.1, 0.15) is 17.3 Å². The molecular formula is C13H13N5O2. The highest BCUT2D eigenvalue weighted by atomic mass is 16.5. The maximum Gasteiger partial charge on any atom is 0.337 e. The van der Waals surface area contributed by atoms with Crippen LogP contribution in [-0.4, -0.2) is 25.3 Å². The Labute approximate surface area is 116 Å². The van der Waals surface area contributed by atoms with Gasteiger partial charge in [-0.3, -0.25) is 5.43 Å². The molecule has 0 unspecified atom stereocenters. The molecule has 0 heterocycles. The molecule has 0 bridgehead atoms. The SMILES string of the molecule is CCNc1ccc(C(=O)OC)cc1NN=C(C#N)C#N. The van der Waals surface area contributed by atoms with E-state index in [9.17, 15) is 4.79 Å². The van der Waals surface area contributed by atoms with Crippen molar-refractivity contribution in [1.29, 1.82) is 10.5 Å². The van der Waals surface area contributed by atoms with Crippen molar-refractivity contribution in [1.82, 2.24) is 0 Å². The van der Waals surface area contributed by atoms with E-state index in [4.69, 9.17) is 10.5 Å². The van der Waals surface area contributed by atoms with Crippen LogP contribution in [0.3, 0.4) is 0 Å². The van der Waals surface area contributed by atoms with Crippen LogP contribution in [0.2, 0.25) is 0 Å². The van der Waals surface area contributed by atoms with Crippen LogP contribution < -0.4 is 10.7 Å². The summed E-state index contributed by atoms with van der Waals surface area (Å²) < 4.78 is 4.63. The zero-order chi connectivity index (χ0) is 15.0. The fourth-order valence-corrected chi connectivity index (χ4v) is 1.42. The monoisotopic (exact) mass is 271 g/mol. The first-order chi connectivity index (χ1) is 9.65. The van der Waals surface area contributed by atoms with Gasteiger partial charge in [0, 0.05) is 6.54 Å². The average Bonchev–Trinajstić information content (AvgIpc) is 2.49. The Hall–Kier alpha value is -3.06. The number of nitrogens with one attached hydrogen (secondary N) is 2. The number of hydrazone groups is 1. The maximum absolute atomic E-state index is 11.5. The van der Waals surface area contributed by atoms with Gasteiger partial charge in [0.05, 0.1) is 24.0 Å². The molecule has 2 N–H and O–H groups in total. The lowest BCUT2D eigenvalue weighted by Crippen LogP contribution is -2.06. The van der Waals surface area contributed by atoms with Crippen LogP contribution in [0.25, 0.3) is 0 Å². The fourth-order valence-electron chi connectivity index (χ4n) is 1.42. The Morgan fingerprint density at radius 1 is 1.35 bits per heavy atom. The van der Waals surface area contributed by atoms with Crippen molar-refractivity contribution in [2.45, 2.75) is 6.92 Å². The van der Waals surface area contributed by atoms with Crippen LogP contribution in [0, 0.1) is 22.7 Å². The van der Waals surface area contributed by atoms with Crippen molar-refractivity contribution in [2.24, 2.45) is 5.10 Å². The smallest absolute Gasteiger partial charge is 0.337 e. The highest BCUT2D eigenvalue weighted by molar-refractivity contribution is 6.10. The minimum Gasteiger partial charge on any atom is -0.465 e. The second kappa shape index (κ2) is 7.39. The summed E-state index contributed by atoms with van der Waals surface area (Å²) in [6.45, 7) is 2.58. The van der Waals surface area contributed by atoms with Crippen molar-refractivity contribution in [3.8, 4) is 12.1 Å². The van der Waals surface area contributed by atoms with E-state index in [0.29, 0.717) is 23.5 Å². The number of nitrogens with zero attached hydrogens (tertiary/aromatic N) is 3. The van der Waals surface area contributed by atoms with Crippen LogP contribution in [0.4, 0.5) is 11.4 Å². The molecule has 7 nitrogen and oxygen atoms in total. The van der Waals surface area contributed by atoms with Gasteiger partial charge in [0.15, 0.2) is 0 Å². The molecular weight excluding hydrogens is 258 g/mol. The number of methoxy groups -OCH3 is 1. The van der Waals surface area contributed by atoms with Gasteiger partial charge in [-0.25, -0.2) is 4.79 Å². The van der Waals surface area contributed by atoms with Crippen molar-refractivity contribution >= 4 is 23.1 Å². The van der Waals surface area contributed by atoms with Gasteiger partial charge in [-0.2, -0.15) is 15.6 Å². The normalized spacial score (nSPS) is 8.80. The number of rotatable bonds is 5. The number of hydrogen-bond acceptors (Lipinski definition) is 7. The Morgan fingerprint density at radius 3 is 2.60 bits per heavy atom. The lowest BCUT2D eigenvalue weighted by atomic mass is 10.1. The molecule has 7 heteroatoms. The second-order valence-electron chi connectivity index (χ2n) is 3.58. The summed E-state index contributed by atoms with van der Waals surface area (Å²) in [6.07, 6.45) is 0. The molecule has 0 spiro atoms. The Bertz CT molecular complexity index is 594. The molecule has 0 aliphatic rings. The number of carbonyl (C=O) groups is 1. The molecule has 1 aromatic rings. The fraction of sp³-hybridized carbons (Fsp3) is 0.231. The number of nitriles is 2. The van der Waals surface area contributed by atoms with Gasteiger partial charge < -0.3 is 10.1 Å². The molecule has 102 valence electrons. The predicted octanol–water partition coefficient (Wildman–Crippen LogP) is 1.72. The van der Waals surface area contributed by atoms with Gasteiger partial charge in [0.1, 0.15) is 12.1 Å². The van der Waals surface area contributed by atoms with Gasteiger partial charge >= 0.3 is 5.97 Å². The van der Waals surface area contributed by atoms with E-state index in [1.54, 1.807) is 24.3 Å². The van der Waals surface area contributed by atoms with E-state index in [-0.39, 0.29) is 5.71 Å². The summed E-state index contributed by atoms with van der Waals surface area (Å²) >= 11 is 0. The third-order valence-electron chi connectivity index (χ3n) is 2.31. The third kappa shape index (κ3) is 3.72. The highest BCUT2D eigenvalue weighted by Gasteiger charge is 2.09. The first-order valence-electron chi connectivity index (χ1n) is 5.76. The maximum atomic E-state index is 11.5. The number of hydrogen-bond donors (Lipinski definition) is 2. The van der Waals surface area contributed by atoms with Gasteiger partial charge in [-0.1, -0.05) is 0 Å².